The lowest BCUT2D eigenvalue weighted by Gasteiger charge is -2.47. The Hall–Kier alpha value is -3.48. The topological polar surface area (TPSA) is 306 Å². The highest BCUT2D eigenvalue weighted by Crippen LogP contribution is 2.39. The number of cyclic esters (lactones) is 2. The SMILES string of the molecule is CCC1OC(=O)C[C@@H](O)[C@H](C)[C@@H](OC2OC(C)C(C)C(N(C)C)C2O)[C@@H](CCN2C[C@H](C)C[C@H](C)C2)C[C@@H](C)C(=O)/C=C/C(C)=C/[C@@H]1C.CCC1OC(=O)C[C@@H](O)[C@H](C)[C@@H](OC2OC(C)C(O)C(N(C)C)C2O)[C@@H](CCN2C[C@H](C)C[C@H](C)C2)C[C@@H](C)C(=O)/C=C/C(C)=C/[C@@H]1C.COC1C(O)OC(C)C(O)C1OC. The molecule has 24 heteroatoms. The Bertz CT molecular complexity index is 2680. The fraction of sp³-hybridized carbons (Fsp3) is 0.859. The van der Waals surface area contributed by atoms with Crippen LogP contribution < -0.4 is 0 Å². The number of nitrogens with zero attached hydrogens (tertiary/aromatic N) is 4. The highest BCUT2D eigenvalue weighted by atomic mass is 16.7. The van der Waals surface area contributed by atoms with E-state index in [-0.39, 0.29) is 90.2 Å². The van der Waals surface area contributed by atoms with E-state index in [9.17, 15) is 54.9 Å². The Kier molecular flexibility index (Phi) is 40.3. The fourth-order valence-corrected chi connectivity index (χ4v) is 18.2. The lowest BCUT2D eigenvalue weighted by Crippen LogP contribution is -2.63. The number of likely N-dealkylation sites (tertiary alicyclic amines) is 2. The van der Waals surface area contributed by atoms with Gasteiger partial charge in [-0.3, -0.25) is 19.2 Å². The van der Waals surface area contributed by atoms with E-state index in [0.29, 0.717) is 55.8 Å². The molecule has 109 heavy (non-hydrogen) atoms. The number of likely N-dealkylation sites (N-methyl/N-ethyl adjacent to an activating group) is 2. The molecule has 630 valence electrons. The van der Waals surface area contributed by atoms with Crippen molar-refractivity contribution in [3.05, 3.63) is 47.6 Å². The van der Waals surface area contributed by atoms with Crippen molar-refractivity contribution in [2.75, 3.05) is 81.7 Å². The number of allylic oxidation sites excluding steroid dienone is 6. The molecule has 7 aliphatic heterocycles. The monoisotopic (exact) mass is 1550 g/mol. The Morgan fingerprint density at radius 3 is 1.18 bits per heavy atom. The van der Waals surface area contributed by atoms with Crippen molar-refractivity contribution in [2.45, 2.75) is 311 Å². The minimum Gasteiger partial charge on any atom is -0.462 e. The van der Waals surface area contributed by atoms with Gasteiger partial charge in [-0.2, -0.15) is 0 Å². The predicted molar refractivity (Wildman–Crippen MR) is 421 cm³/mol. The summed E-state index contributed by atoms with van der Waals surface area (Å²) in [6, 6.07) is -0.824. The summed E-state index contributed by atoms with van der Waals surface area (Å²) in [5.74, 6) is -0.603. The van der Waals surface area contributed by atoms with Gasteiger partial charge >= 0.3 is 11.9 Å². The standard InChI is InChI=1S/C39H68N2O7.C38H66N2O8.C8H16O5/c1-12-34-27(6)18-23(2)13-14-32(42)26(5)19-31(15-16-41-21-24(3)17-25(4)22-41)38(29(8)33(43)20-35(44)47-34)48-39-37(45)36(40(10)11)28(7)30(9)46-39;1-11-32-26(6)17-22(2)12-13-30(41)25(5)18-29(14-15-40-20-23(3)16-24(4)21-40)37(27(7)31(42)19-33(43)47-32)48-38-36(45)34(39(9)10)35(44)28(8)46-38;1-4-5(9)6(11-2)7(12-3)8(10)13-4/h13-14,18,24-31,33-34,36-39,43,45H,12,15-17,19-22H2,1-11H3;12-13,17,23-29,31-32,34-38,42,44-45H,11,14-16,18-21H2,1-10H3;4-10H,1-3H3/b14-13+,23-18+;13-12+,22-17+;/t24-,25+,26-,27+,28?,29+,30?,31+,33-,34?,36?,37?,38-,39?;23-,24+,25-,26+,27+,28?,29+,31-,32?,34?,35?,36?,37-,38?;/m11./s1. The lowest BCUT2D eigenvalue weighted by molar-refractivity contribution is -0.304. The van der Waals surface area contributed by atoms with Gasteiger partial charge in [0, 0.05) is 87.9 Å². The average Bonchev–Trinajstić information content (AvgIpc) is 0.792. The summed E-state index contributed by atoms with van der Waals surface area (Å²) in [7, 11) is 10.4. The Balaban J connectivity index is 0.000000334. The Morgan fingerprint density at radius 1 is 0.450 bits per heavy atom. The van der Waals surface area contributed by atoms with Crippen LogP contribution in [0.2, 0.25) is 0 Å². The van der Waals surface area contributed by atoms with Gasteiger partial charge in [0.25, 0.3) is 0 Å². The molecule has 0 aromatic heterocycles. The van der Waals surface area contributed by atoms with Gasteiger partial charge in [-0.15, -0.1) is 0 Å². The lowest BCUT2D eigenvalue weighted by atomic mass is 9.79. The second kappa shape index (κ2) is 45.7. The molecular weight excluding hydrogens is 1400 g/mol. The van der Waals surface area contributed by atoms with E-state index >= 15 is 0 Å². The van der Waals surface area contributed by atoms with Crippen LogP contribution in [0.1, 0.15) is 189 Å². The molecule has 17 unspecified atom stereocenters. The minimum atomic E-state index is -1.17. The number of carbonyl (C=O) groups excluding carboxylic acids is 4. The first-order valence-corrected chi connectivity index (χ1v) is 41.2. The van der Waals surface area contributed by atoms with Gasteiger partial charge in [0.05, 0.1) is 67.7 Å². The molecule has 0 aromatic rings. The molecule has 0 spiro atoms. The highest BCUT2D eigenvalue weighted by Gasteiger charge is 2.50. The fourth-order valence-electron chi connectivity index (χ4n) is 18.2. The molecule has 0 aromatic carbocycles. The largest absolute Gasteiger partial charge is 0.462 e. The summed E-state index contributed by atoms with van der Waals surface area (Å²) < 4.78 is 52.9. The molecule has 7 N–H and O–H groups in total. The number of esters is 2. The first-order valence-electron chi connectivity index (χ1n) is 41.2. The molecule has 5 fully saturated rings. The number of methoxy groups -OCH3 is 2. The van der Waals surface area contributed by atoms with E-state index in [0.717, 1.165) is 56.8 Å². The second-order valence-electron chi connectivity index (χ2n) is 34.9. The molecule has 0 radical (unpaired) electrons. The molecular formula is C85H150N4O20. The van der Waals surface area contributed by atoms with Crippen LogP contribution in [0.4, 0.5) is 0 Å². The summed E-state index contributed by atoms with van der Waals surface area (Å²) in [5.41, 5.74) is 1.85. The van der Waals surface area contributed by atoms with Crippen molar-refractivity contribution in [2.24, 2.45) is 76.9 Å². The predicted octanol–water partition coefficient (Wildman–Crippen LogP) is 8.81. The molecule has 24 nitrogen and oxygen atoms in total. The first-order chi connectivity index (χ1) is 51.1. The number of ether oxygens (including phenoxy) is 9. The van der Waals surface area contributed by atoms with Crippen molar-refractivity contribution in [3.8, 4) is 0 Å². The maximum absolute atomic E-state index is 13.6. The number of carbonyl (C=O) groups is 4. The summed E-state index contributed by atoms with van der Waals surface area (Å²) in [6.07, 6.45) is 3.35. The Morgan fingerprint density at radius 2 is 0.817 bits per heavy atom. The third-order valence-corrected chi connectivity index (χ3v) is 24.5. The van der Waals surface area contributed by atoms with E-state index in [1.807, 2.05) is 119 Å². The van der Waals surface area contributed by atoms with Crippen molar-refractivity contribution in [1.29, 1.82) is 0 Å². The van der Waals surface area contributed by atoms with Crippen molar-refractivity contribution in [1.82, 2.24) is 19.6 Å². The number of ketones is 2. The maximum Gasteiger partial charge on any atom is 0.308 e. The smallest absolute Gasteiger partial charge is 0.308 e. The van der Waals surface area contributed by atoms with Crippen LogP contribution in [0.5, 0.6) is 0 Å². The second-order valence-corrected chi connectivity index (χ2v) is 34.9. The van der Waals surface area contributed by atoms with Crippen LogP contribution >= 0.6 is 0 Å². The van der Waals surface area contributed by atoms with E-state index in [2.05, 4.69) is 44.4 Å². The van der Waals surface area contributed by atoms with Gasteiger partial charge in [-0.1, -0.05) is 125 Å². The van der Waals surface area contributed by atoms with Crippen LogP contribution in [0.25, 0.3) is 0 Å². The van der Waals surface area contributed by atoms with Crippen LogP contribution in [0, 0.1) is 76.9 Å². The molecule has 0 aliphatic carbocycles. The average molecular weight is 1550 g/mol. The van der Waals surface area contributed by atoms with Gasteiger partial charge in [0.1, 0.15) is 42.7 Å². The third kappa shape index (κ3) is 28.4. The normalized spacial score (nSPS) is 43.8. The Labute approximate surface area is 655 Å². The number of rotatable bonds is 16. The summed E-state index contributed by atoms with van der Waals surface area (Å²) in [6.45, 7) is 41.8. The van der Waals surface area contributed by atoms with E-state index in [4.69, 9.17) is 42.6 Å². The van der Waals surface area contributed by atoms with Crippen molar-refractivity contribution >= 4 is 23.5 Å². The molecule has 5 saturated heterocycles. The zero-order valence-corrected chi connectivity index (χ0v) is 71.1. The third-order valence-electron chi connectivity index (χ3n) is 24.5. The van der Waals surface area contributed by atoms with Gasteiger partial charge in [0.2, 0.25) is 0 Å². The van der Waals surface area contributed by atoms with Crippen molar-refractivity contribution < 1.29 is 97.6 Å². The molecule has 7 rings (SSSR count). The van der Waals surface area contributed by atoms with Crippen LogP contribution in [-0.2, 0) is 61.8 Å². The number of piperidine rings is 2. The van der Waals surface area contributed by atoms with Crippen LogP contribution in [0.15, 0.2) is 47.6 Å². The van der Waals surface area contributed by atoms with Crippen molar-refractivity contribution in [3.63, 3.8) is 0 Å². The van der Waals surface area contributed by atoms with E-state index in [1.54, 1.807) is 45.0 Å². The van der Waals surface area contributed by atoms with Gasteiger partial charge in [-0.25, -0.2) is 0 Å². The summed E-state index contributed by atoms with van der Waals surface area (Å²) in [4.78, 5) is 62.4. The quantitative estimate of drug-likeness (QED) is 0.0710. The summed E-state index contributed by atoms with van der Waals surface area (Å²) in [5, 5.41) is 76.3. The van der Waals surface area contributed by atoms with Gasteiger partial charge < -0.3 is 98.0 Å². The zero-order valence-electron chi connectivity index (χ0n) is 71.1. The molecule has 0 bridgehead atoms. The van der Waals surface area contributed by atoms with Crippen LogP contribution in [0.3, 0.4) is 0 Å². The molecule has 7 heterocycles. The van der Waals surface area contributed by atoms with E-state index in [1.165, 1.54) is 27.1 Å². The molecule has 0 saturated carbocycles. The van der Waals surface area contributed by atoms with Crippen LogP contribution in [-0.4, -0.2) is 283 Å². The van der Waals surface area contributed by atoms with Gasteiger partial charge in [0.15, 0.2) is 30.4 Å². The minimum absolute atomic E-state index is 0.0107. The van der Waals surface area contributed by atoms with Gasteiger partial charge in [-0.05, 0) is 175 Å². The first kappa shape index (κ1) is 96.1. The number of hydrogen-bond donors (Lipinski definition) is 7. The number of aliphatic hydroxyl groups is 7. The molecule has 7 aliphatic rings. The maximum atomic E-state index is 13.6. The molecule has 33 atom stereocenters. The van der Waals surface area contributed by atoms with E-state index < -0.39 is 122 Å². The number of aliphatic hydroxyl groups excluding tert-OH is 7. The molecule has 0 amide bonds. The summed E-state index contributed by atoms with van der Waals surface area (Å²) >= 11 is 0. The zero-order chi connectivity index (χ0) is 81.7. The highest BCUT2D eigenvalue weighted by molar-refractivity contribution is 5.92. The number of hydrogen-bond acceptors (Lipinski definition) is 24.